The van der Waals surface area contributed by atoms with Gasteiger partial charge in [0.1, 0.15) is 16.7 Å². The molecule has 2 aromatic carbocycles. The van der Waals surface area contributed by atoms with Crippen LogP contribution in [0.3, 0.4) is 0 Å². The van der Waals surface area contributed by atoms with Gasteiger partial charge in [0.25, 0.3) is 5.89 Å². The maximum absolute atomic E-state index is 12.8. The zero-order valence-corrected chi connectivity index (χ0v) is 18.4. The number of nitrogens with one attached hydrogen (secondary N) is 1. The summed E-state index contributed by atoms with van der Waals surface area (Å²) in [6, 6.07) is 17.2. The fourth-order valence-corrected chi connectivity index (χ4v) is 4.69. The molecule has 0 saturated carbocycles. The summed E-state index contributed by atoms with van der Waals surface area (Å²) in [6.45, 7) is 5.12. The van der Waals surface area contributed by atoms with E-state index in [-0.39, 0.29) is 0 Å². The van der Waals surface area contributed by atoms with E-state index in [1.165, 1.54) is 0 Å². The van der Waals surface area contributed by atoms with Crippen molar-refractivity contribution in [1.82, 2.24) is 29.8 Å². The highest BCUT2D eigenvalue weighted by atomic mass is 32.2. The zero-order valence-electron chi connectivity index (χ0n) is 17.6. The van der Waals surface area contributed by atoms with Crippen LogP contribution < -0.4 is 5.32 Å². The fourth-order valence-electron chi connectivity index (χ4n) is 3.51. The van der Waals surface area contributed by atoms with Gasteiger partial charge in [0.2, 0.25) is 5.89 Å². The Kier molecular flexibility index (Phi) is 5.85. The van der Waals surface area contributed by atoms with Crippen LogP contribution in [0.1, 0.15) is 5.69 Å². The number of rotatable bonds is 5. The summed E-state index contributed by atoms with van der Waals surface area (Å²) >= 11 is 0. The minimum absolute atomic E-state index is 0.326. The molecule has 0 spiro atoms. The van der Waals surface area contributed by atoms with Crippen LogP contribution in [-0.4, -0.2) is 54.9 Å². The molecular weight excluding hydrogens is 424 g/mol. The number of benzene rings is 2. The van der Waals surface area contributed by atoms with Gasteiger partial charge in [-0.25, -0.2) is 13.5 Å². The van der Waals surface area contributed by atoms with E-state index in [1.807, 2.05) is 65.8 Å². The van der Waals surface area contributed by atoms with Gasteiger partial charge in [0.05, 0.1) is 22.5 Å². The summed E-state index contributed by atoms with van der Waals surface area (Å²) in [6.07, 6.45) is 1.72. The molecule has 162 valence electrons. The second kappa shape index (κ2) is 9.07. The summed E-state index contributed by atoms with van der Waals surface area (Å²) in [4.78, 5) is 9.99. The van der Waals surface area contributed by atoms with Crippen LogP contribution in [0.15, 0.2) is 70.1 Å². The standard InChI is InChI=1S/C23H22N6O2S/c1-16-21(23-28-27-22(31-23)18-5-3-2-4-6-18)26-20(15-25-16)17-7-9-19(10-8-17)32(30)29-13-11-24-12-14-29/h2-10,15,24H,11-14H2,1H3. The van der Waals surface area contributed by atoms with Crippen LogP contribution in [0.4, 0.5) is 0 Å². The van der Waals surface area contributed by atoms with Crippen molar-refractivity contribution in [3.63, 3.8) is 0 Å². The first-order chi connectivity index (χ1) is 15.7. The number of nitrogens with zero attached hydrogens (tertiary/aromatic N) is 5. The molecule has 3 heterocycles. The number of hydrogen-bond acceptors (Lipinski definition) is 7. The van der Waals surface area contributed by atoms with Crippen LogP contribution in [0.5, 0.6) is 0 Å². The Morgan fingerprint density at radius 3 is 2.41 bits per heavy atom. The Morgan fingerprint density at radius 1 is 0.938 bits per heavy atom. The smallest absolute Gasteiger partial charge is 0.268 e. The van der Waals surface area contributed by atoms with Crippen molar-refractivity contribution >= 4 is 11.0 Å². The molecule has 0 amide bonds. The van der Waals surface area contributed by atoms with E-state index >= 15 is 0 Å². The van der Waals surface area contributed by atoms with E-state index in [0.717, 1.165) is 42.2 Å². The molecule has 4 aromatic rings. The first-order valence-corrected chi connectivity index (χ1v) is 11.5. The van der Waals surface area contributed by atoms with Crippen molar-refractivity contribution in [1.29, 1.82) is 0 Å². The minimum atomic E-state index is -1.16. The molecule has 5 rings (SSSR count). The molecule has 32 heavy (non-hydrogen) atoms. The van der Waals surface area contributed by atoms with Crippen LogP contribution in [0.25, 0.3) is 34.3 Å². The average molecular weight is 447 g/mol. The lowest BCUT2D eigenvalue weighted by Gasteiger charge is -2.25. The second-order valence-corrected chi connectivity index (χ2v) is 8.91. The Morgan fingerprint density at radius 2 is 1.66 bits per heavy atom. The molecule has 1 aliphatic rings. The van der Waals surface area contributed by atoms with Gasteiger partial charge in [0.15, 0.2) is 0 Å². The molecule has 1 saturated heterocycles. The van der Waals surface area contributed by atoms with Crippen LogP contribution in [-0.2, 0) is 11.0 Å². The topological polar surface area (TPSA) is 97.0 Å². The largest absolute Gasteiger partial charge is 0.415 e. The highest BCUT2D eigenvalue weighted by molar-refractivity contribution is 7.82. The molecule has 1 fully saturated rings. The van der Waals surface area contributed by atoms with Gasteiger partial charge in [0, 0.05) is 37.3 Å². The van der Waals surface area contributed by atoms with Crippen molar-refractivity contribution in [2.24, 2.45) is 0 Å². The molecule has 0 radical (unpaired) electrons. The van der Waals surface area contributed by atoms with Gasteiger partial charge in [-0.1, -0.05) is 30.3 Å². The fraction of sp³-hybridized carbons (Fsp3) is 0.217. The third-order valence-corrected chi connectivity index (χ3v) is 6.78. The second-order valence-electron chi connectivity index (χ2n) is 7.42. The maximum Gasteiger partial charge on any atom is 0.268 e. The predicted molar refractivity (Wildman–Crippen MR) is 122 cm³/mol. The van der Waals surface area contributed by atoms with Gasteiger partial charge < -0.3 is 9.73 Å². The van der Waals surface area contributed by atoms with Crippen molar-refractivity contribution in [3.05, 3.63) is 66.5 Å². The maximum atomic E-state index is 12.8. The van der Waals surface area contributed by atoms with E-state index < -0.39 is 11.0 Å². The summed E-state index contributed by atoms with van der Waals surface area (Å²) in [5.41, 5.74) is 3.66. The Balaban J connectivity index is 1.40. The van der Waals surface area contributed by atoms with Crippen molar-refractivity contribution in [2.45, 2.75) is 11.8 Å². The van der Waals surface area contributed by atoms with Gasteiger partial charge >= 0.3 is 0 Å². The summed E-state index contributed by atoms with van der Waals surface area (Å²) in [5.74, 6) is 0.763. The molecule has 1 N–H and O–H groups in total. The molecule has 1 aliphatic heterocycles. The third kappa shape index (κ3) is 4.22. The molecule has 2 aromatic heterocycles. The van der Waals surface area contributed by atoms with Crippen LogP contribution in [0, 0.1) is 6.92 Å². The number of aryl methyl sites for hydroxylation is 1. The van der Waals surface area contributed by atoms with Gasteiger partial charge in [-0.2, -0.15) is 0 Å². The van der Waals surface area contributed by atoms with E-state index in [1.54, 1.807) is 6.20 Å². The monoisotopic (exact) mass is 446 g/mol. The normalized spacial score (nSPS) is 15.5. The Hall–Kier alpha value is -3.27. The lowest BCUT2D eigenvalue weighted by atomic mass is 10.1. The lowest BCUT2D eigenvalue weighted by Crippen LogP contribution is -2.44. The number of aromatic nitrogens is 4. The molecule has 0 aliphatic carbocycles. The van der Waals surface area contributed by atoms with Crippen LogP contribution in [0.2, 0.25) is 0 Å². The first-order valence-electron chi connectivity index (χ1n) is 10.4. The van der Waals surface area contributed by atoms with Crippen molar-refractivity contribution < 1.29 is 8.63 Å². The molecule has 9 heteroatoms. The Labute approximate surface area is 188 Å². The van der Waals surface area contributed by atoms with Gasteiger partial charge in [-0.3, -0.25) is 4.98 Å². The molecule has 1 atom stereocenters. The van der Waals surface area contributed by atoms with Crippen molar-refractivity contribution in [2.75, 3.05) is 26.2 Å². The predicted octanol–water partition coefficient (Wildman–Crippen LogP) is 3.10. The molecule has 8 nitrogen and oxygen atoms in total. The minimum Gasteiger partial charge on any atom is -0.415 e. The third-order valence-electron chi connectivity index (χ3n) is 5.27. The lowest BCUT2D eigenvalue weighted by molar-refractivity contribution is 0.380. The van der Waals surface area contributed by atoms with Gasteiger partial charge in [-0.15, -0.1) is 10.2 Å². The molecule has 0 bridgehead atoms. The summed E-state index contributed by atoms with van der Waals surface area (Å²) < 4.78 is 20.7. The molecule has 1 unspecified atom stereocenters. The van der Waals surface area contributed by atoms with Gasteiger partial charge in [-0.05, 0) is 31.2 Å². The zero-order chi connectivity index (χ0) is 21.9. The van der Waals surface area contributed by atoms with E-state index in [2.05, 4.69) is 20.5 Å². The summed E-state index contributed by atoms with van der Waals surface area (Å²) in [7, 11) is -1.16. The first kappa shape index (κ1) is 20.6. The van der Waals surface area contributed by atoms with Crippen LogP contribution >= 0.6 is 0 Å². The highest BCUT2D eigenvalue weighted by Crippen LogP contribution is 2.27. The van der Waals surface area contributed by atoms with E-state index in [0.29, 0.717) is 28.9 Å². The number of hydrogen-bond donors (Lipinski definition) is 1. The van der Waals surface area contributed by atoms with Crippen molar-refractivity contribution in [3.8, 4) is 34.3 Å². The highest BCUT2D eigenvalue weighted by Gasteiger charge is 2.19. The molecular formula is C23H22N6O2S. The SMILES string of the molecule is Cc1ncc(-c2ccc(S(=O)N3CCNCC3)cc2)nc1-c1nnc(-c2ccccc2)o1. The quantitative estimate of drug-likeness (QED) is 0.503. The summed E-state index contributed by atoms with van der Waals surface area (Å²) in [5, 5.41) is 11.6. The average Bonchev–Trinajstić information content (AvgIpc) is 3.35. The Bertz CT molecular complexity index is 1240. The number of piperazine rings is 1. The van der Waals surface area contributed by atoms with E-state index in [9.17, 15) is 4.21 Å². The van der Waals surface area contributed by atoms with E-state index in [4.69, 9.17) is 9.40 Å².